The molecule has 5 heteroatoms. The van der Waals surface area contributed by atoms with Crippen LogP contribution in [0.15, 0.2) is 6.33 Å². The van der Waals surface area contributed by atoms with E-state index in [0.29, 0.717) is 0 Å². The molecular formula is C11H20N4O. The van der Waals surface area contributed by atoms with Gasteiger partial charge in [0.1, 0.15) is 12.2 Å². The Bertz CT molecular complexity index is 336. The Labute approximate surface area is 96.1 Å². The molecule has 1 fully saturated rings. The van der Waals surface area contributed by atoms with Crippen LogP contribution in [0.3, 0.4) is 0 Å². The van der Waals surface area contributed by atoms with Crippen LogP contribution in [-0.4, -0.2) is 43.5 Å². The molecule has 0 amide bonds. The molecule has 1 aromatic heterocycles. The molecule has 0 bridgehead atoms. The molecule has 1 aliphatic heterocycles. The van der Waals surface area contributed by atoms with E-state index in [0.717, 1.165) is 25.3 Å². The minimum Gasteiger partial charge on any atom is -0.392 e. The molecule has 1 aliphatic rings. The number of likely N-dealkylation sites (tertiary alicyclic amines) is 1. The average Bonchev–Trinajstić information content (AvgIpc) is 2.65. The van der Waals surface area contributed by atoms with Crippen LogP contribution in [0.1, 0.15) is 32.0 Å². The van der Waals surface area contributed by atoms with E-state index in [2.05, 4.69) is 15.1 Å². The van der Waals surface area contributed by atoms with Crippen molar-refractivity contribution in [3.8, 4) is 0 Å². The lowest BCUT2D eigenvalue weighted by Crippen LogP contribution is -2.45. The molecule has 2 atom stereocenters. The highest BCUT2D eigenvalue weighted by atomic mass is 16.3. The van der Waals surface area contributed by atoms with Crippen molar-refractivity contribution >= 4 is 0 Å². The third-order valence-corrected chi connectivity index (χ3v) is 3.37. The second kappa shape index (κ2) is 4.93. The lowest BCUT2D eigenvalue weighted by Gasteiger charge is -2.36. The van der Waals surface area contributed by atoms with E-state index in [1.807, 2.05) is 18.5 Å². The zero-order valence-electron chi connectivity index (χ0n) is 10.0. The van der Waals surface area contributed by atoms with Crippen molar-refractivity contribution in [3.05, 3.63) is 12.2 Å². The SMILES string of the molecule is CC(O)C1CCCCN1Cc1nncn1C. The number of aromatic nitrogens is 3. The molecule has 0 spiro atoms. The first-order chi connectivity index (χ1) is 7.68. The van der Waals surface area contributed by atoms with Gasteiger partial charge in [-0.05, 0) is 26.3 Å². The molecule has 16 heavy (non-hydrogen) atoms. The minimum atomic E-state index is -0.270. The smallest absolute Gasteiger partial charge is 0.146 e. The van der Waals surface area contributed by atoms with E-state index in [1.54, 1.807) is 6.33 Å². The largest absolute Gasteiger partial charge is 0.392 e. The van der Waals surface area contributed by atoms with Crippen LogP contribution >= 0.6 is 0 Å². The average molecular weight is 224 g/mol. The first-order valence-corrected chi connectivity index (χ1v) is 5.93. The van der Waals surface area contributed by atoms with Gasteiger partial charge < -0.3 is 9.67 Å². The number of aliphatic hydroxyl groups is 1. The Morgan fingerprint density at radius 3 is 3.00 bits per heavy atom. The van der Waals surface area contributed by atoms with Crippen molar-refractivity contribution in [2.24, 2.45) is 7.05 Å². The van der Waals surface area contributed by atoms with Gasteiger partial charge in [0.2, 0.25) is 0 Å². The van der Waals surface area contributed by atoms with Crippen molar-refractivity contribution in [3.63, 3.8) is 0 Å². The number of rotatable bonds is 3. The number of piperidine rings is 1. The lowest BCUT2D eigenvalue weighted by atomic mass is 9.98. The predicted molar refractivity (Wildman–Crippen MR) is 60.7 cm³/mol. The summed E-state index contributed by atoms with van der Waals surface area (Å²) in [5.74, 6) is 0.965. The fraction of sp³-hybridized carbons (Fsp3) is 0.818. The van der Waals surface area contributed by atoms with Gasteiger partial charge in [-0.3, -0.25) is 4.90 Å². The van der Waals surface area contributed by atoms with Gasteiger partial charge in [0.05, 0.1) is 12.6 Å². The molecule has 1 aromatic rings. The van der Waals surface area contributed by atoms with Gasteiger partial charge in [0.15, 0.2) is 0 Å². The third-order valence-electron chi connectivity index (χ3n) is 3.37. The molecule has 90 valence electrons. The Morgan fingerprint density at radius 2 is 2.38 bits per heavy atom. The highest BCUT2D eigenvalue weighted by molar-refractivity contribution is 4.89. The second-order valence-electron chi connectivity index (χ2n) is 4.63. The molecule has 2 rings (SSSR count). The van der Waals surface area contributed by atoms with Crippen LogP contribution in [0.2, 0.25) is 0 Å². The Hall–Kier alpha value is -0.940. The summed E-state index contributed by atoms with van der Waals surface area (Å²) in [7, 11) is 1.96. The van der Waals surface area contributed by atoms with Crippen molar-refractivity contribution in [2.75, 3.05) is 6.54 Å². The predicted octanol–water partition coefficient (Wildman–Crippen LogP) is 0.550. The van der Waals surface area contributed by atoms with Crippen LogP contribution in [-0.2, 0) is 13.6 Å². The summed E-state index contributed by atoms with van der Waals surface area (Å²) in [6, 6.07) is 0.269. The van der Waals surface area contributed by atoms with Crippen LogP contribution in [0, 0.1) is 0 Å². The molecule has 1 N–H and O–H groups in total. The van der Waals surface area contributed by atoms with Crippen molar-refractivity contribution in [2.45, 2.75) is 44.9 Å². The number of nitrogens with zero attached hydrogens (tertiary/aromatic N) is 4. The number of aliphatic hydroxyl groups excluding tert-OH is 1. The summed E-state index contributed by atoms with van der Waals surface area (Å²) in [4.78, 5) is 2.32. The summed E-state index contributed by atoms with van der Waals surface area (Å²) >= 11 is 0. The van der Waals surface area contributed by atoms with Crippen LogP contribution in [0.25, 0.3) is 0 Å². The highest BCUT2D eigenvalue weighted by Gasteiger charge is 2.26. The van der Waals surface area contributed by atoms with E-state index in [-0.39, 0.29) is 12.1 Å². The maximum absolute atomic E-state index is 9.76. The zero-order valence-corrected chi connectivity index (χ0v) is 10.0. The highest BCUT2D eigenvalue weighted by Crippen LogP contribution is 2.21. The molecule has 1 saturated heterocycles. The van der Waals surface area contributed by atoms with Gasteiger partial charge >= 0.3 is 0 Å². The van der Waals surface area contributed by atoms with Crippen LogP contribution in [0.5, 0.6) is 0 Å². The molecule has 2 heterocycles. The van der Waals surface area contributed by atoms with E-state index in [1.165, 1.54) is 12.8 Å². The summed E-state index contributed by atoms with van der Waals surface area (Å²) in [6.45, 7) is 3.70. The van der Waals surface area contributed by atoms with Gasteiger partial charge in [-0.15, -0.1) is 10.2 Å². The first kappa shape index (κ1) is 11.5. The summed E-state index contributed by atoms with van der Waals surface area (Å²) in [6.07, 6.45) is 4.95. The molecule has 2 unspecified atom stereocenters. The van der Waals surface area contributed by atoms with Crippen molar-refractivity contribution < 1.29 is 5.11 Å². The monoisotopic (exact) mass is 224 g/mol. The molecule has 5 nitrogen and oxygen atoms in total. The topological polar surface area (TPSA) is 54.2 Å². The Kier molecular flexibility index (Phi) is 3.56. The van der Waals surface area contributed by atoms with Gasteiger partial charge in [0.25, 0.3) is 0 Å². The van der Waals surface area contributed by atoms with Gasteiger partial charge in [0, 0.05) is 13.1 Å². The summed E-state index contributed by atoms with van der Waals surface area (Å²) < 4.78 is 1.94. The van der Waals surface area contributed by atoms with Gasteiger partial charge in [-0.1, -0.05) is 6.42 Å². The summed E-state index contributed by atoms with van der Waals surface area (Å²) in [5.41, 5.74) is 0. The Morgan fingerprint density at radius 1 is 1.56 bits per heavy atom. The summed E-state index contributed by atoms with van der Waals surface area (Å²) in [5, 5.41) is 17.7. The quantitative estimate of drug-likeness (QED) is 0.814. The minimum absolute atomic E-state index is 0.269. The maximum atomic E-state index is 9.76. The Balaban J connectivity index is 2.04. The molecule has 0 aromatic carbocycles. The number of hydrogen-bond acceptors (Lipinski definition) is 4. The third kappa shape index (κ3) is 2.41. The standard InChI is InChI=1S/C11H20N4O/c1-9(16)10-5-3-4-6-15(10)7-11-13-12-8-14(11)2/h8-10,16H,3-7H2,1-2H3. The number of hydrogen-bond donors (Lipinski definition) is 1. The van der Waals surface area contributed by atoms with Crippen molar-refractivity contribution in [1.82, 2.24) is 19.7 Å². The molecular weight excluding hydrogens is 204 g/mol. The van der Waals surface area contributed by atoms with E-state index in [9.17, 15) is 5.11 Å². The van der Waals surface area contributed by atoms with Gasteiger partial charge in [-0.25, -0.2) is 0 Å². The van der Waals surface area contributed by atoms with E-state index < -0.39 is 0 Å². The van der Waals surface area contributed by atoms with Crippen LogP contribution in [0.4, 0.5) is 0 Å². The van der Waals surface area contributed by atoms with E-state index >= 15 is 0 Å². The van der Waals surface area contributed by atoms with Crippen LogP contribution < -0.4 is 0 Å². The molecule has 0 saturated carbocycles. The zero-order chi connectivity index (χ0) is 11.5. The second-order valence-corrected chi connectivity index (χ2v) is 4.63. The fourth-order valence-corrected chi connectivity index (χ4v) is 2.39. The van der Waals surface area contributed by atoms with E-state index in [4.69, 9.17) is 0 Å². The fourth-order valence-electron chi connectivity index (χ4n) is 2.39. The normalized spacial score (nSPS) is 24.6. The van der Waals surface area contributed by atoms with Crippen molar-refractivity contribution in [1.29, 1.82) is 0 Å². The number of aryl methyl sites for hydroxylation is 1. The maximum Gasteiger partial charge on any atom is 0.146 e. The first-order valence-electron chi connectivity index (χ1n) is 5.93. The molecule has 0 aliphatic carbocycles. The molecule has 0 radical (unpaired) electrons. The lowest BCUT2D eigenvalue weighted by molar-refractivity contribution is 0.0297. The van der Waals surface area contributed by atoms with Gasteiger partial charge in [-0.2, -0.15) is 0 Å².